The number of nitrogens with one attached hydrogen (secondary N) is 1. The molecule has 0 saturated carbocycles. The first-order valence-corrected chi connectivity index (χ1v) is 6.68. The van der Waals surface area contributed by atoms with Crippen molar-refractivity contribution in [2.24, 2.45) is 4.99 Å². The number of guanidine groups is 1. The topological polar surface area (TPSA) is 66.5 Å². The highest BCUT2D eigenvalue weighted by molar-refractivity contribution is 6.30. The Morgan fingerprint density at radius 2 is 2.15 bits per heavy atom. The van der Waals surface area contributed by atoms with E-state index in [1.807, 2.05) is 19.2 Å². The van der Waals surface area contributed by atoms with Crippen molar-refractivity contribution in [3.8, 4) is 11.4 Å². The van der Waals surface area contributed by atoms with Crippen molar-refractivity contribution in [3.05, 3.63) is 35.2 Å². The van der Waals surface area contributed by atoms with Gasteiger partial charge < -0.3 is 14.7 Å². The molecule has 7 heteroatoms. The highest BCUT2D eigenvalue weighted by Crippen LogP contribution is 2.18. The molecule has 0 bridgehead atoms. The molecule has 0 aliphatic carbocycles. The van der Waals surface area contributed by atoms with Crippen LogP contribution in [0.25, 0.3) is 11.4 Å². The number of benzene rings is 1. The maximum atomic E-state index is 5.85. The van der Waals surface area contributed by atoms with E-state index in [1.165, 1.54) is 0 Å². The molecular formula is C13H14ClN5O. The summed E-state index contributed by atoms with van der Waals surface area (Å²) < 4.78 is 5.21. The van der Waals surface area contributed by atoms with Gasteiger partial charge in [0.05, 0.1) is 13.1 Å². The van der Waals surface area contributed by atoms with Gasteiger partial charge in [-0.3, -0.25) is 4.99 Å². The number of likely N-dealkylation sites (N-methyl/N-ethyl adjacent to an activating group) is 1. The van der Waals surface area contributed by atoms with E-state index in [1.54, 1.807) is 12.1 Å². The van der Waals surface area contributed by atoms with Crippen molar-refractivity contribution in [1.29, 1.82) is 0 Å². The van der Waals surface area contributed by atoms with Gasteiger partial charge in [0.25, 0.3) is 0 Å². The minimum Gasteiger partial charge on any atom is -0.347 e. The fraction of sp³-hybridized carbons (Fsp3) is 0.308. The third-order valence-corrected chi connectivity index (χ3v) is 3.28. The van der Waals surface area contributed by atoms with Gasteiger partial charge in [-0.15, -0.1) is 0 Å². The van der Waals surface area contributed by atoms with Gasteiger partial charge >= 0.3 is 0 Å². The molecule has 0 radical (unpaired) electrons. The minimum absolute atomic E-state index is 0.462. The zero-order valence-corrected chi connectivity index (χ0v) is 11.8. The van der Waals surface area contributed by atoms with E-state index in [-0.39, 0.29) is 0 Å². The molecule has 3 rings (SSSR count). The summed E-state index contributed by atoms with van der Waals surface area (Å²) in [5, 5.41) is 7.82. The second-order valence-corrected chi connectivity index (χ2v) is 4.94. The summed E-state index contributed by atoms with van der Waals surface area (Å²) in [6.07, 6.45) is 0. The average molecular weight is 292 g/mol. The van der Waals surface area contributed by atoms with Crippen molar-refractivity contribution in [3.63, 3.8) is 0 Å². The standard InChI is InChI=1S/C13H14ClN5O/c1-19-7-6-15-13(19)16-8-11-17-12(18-20-11)9-2-4-10(14)5-3-9/h2-5H,6-8H2,1H3,(H,15,16). The number of hydrogen-bond donors (Lipinski definition) is 1. The van der Waals surface area contributed by atoms with E-state index in [4.69, 9.17) is 16.1 Å². The van der Waals surface area contributed by atoms with Crippen LogP contribution in [0.15, 0.2) is 33.8 Å². The zero-order chi connectivity index (χ0) is 13.9. The van der Waals surface area contributed by atoms with Crippen molar-refractivity contribution in [1.82, 2.24) is 20.4 Å². The molecule has 0 unspecified atom stereocenters. The summed E-state index contributed by atoms with van der Waals surface area (Å²) in [5.41, 5.74) is 0.875. The highest BCUT2D eigenvalue weighted by Gasteiger charge is 2.14. The number of nitrogens with zero attached hydrogens (tertiary/aromatic N) is 4. The van der Waals surface area contributed by atoms with Gasteiger partial charge in [0.1, 0.15) is 0 Å². The first kappa shape index (κ1) is 12.9. The third-order valence-electron chi connectivity index (χ3n) is 3.03. The largest absolute Gasteiger partial charge is 0.347 e. The Morgan fingerprint density at radius 1 is 1.35 bits per heavy atom. The van der Waals surface area contributed by atoms with E-state index in [0.29, 0.717) is 23.3 Å². The molecule has 1 aliphatic heterocycles. The van der Waals surface area contributed by atoms with Crippen LogP contribution in [-0.2, 0) is 6.54 Å². The molecule has 2 aromatic rings. The first-order chi connectivity index (χ1) is 9.72. The number of aliphatic imine (C=N–C) groups is 1. The molecule has 0 saturated heterocycles. The normalized spacial score (nSPS) is 14.5. The highest BCUT2D eigenvalue weighted by atomic mass is 35.5. The van der Waals surface area contributed by atoms with Crippen molar-refractivity contribution in [2.75, 3.05) is 20.1 Å². The van der Waals surface area contributed by atoms with Crippen molar-refractivity contribution < 1.29 is 4.52 Å². The molecule has 0 atom stereocenters. The van der Waals surface area contributed by atoms with Crippen LogP contribution in [0.4, 0.5) is 0 Å². The molecule has 1 aliphatic rings. The quantitative estimate of drug-likeness (QED) is 0.934. The van der Waals surface area contributed by atoms with Crippen LogP contribution in [0.1, 0.15) is 5.89 Å². The molecule has 0 spiro atoms. The second-order valence-electron chi connectivity index (χ2n) is 4.50. The molecule has 0 fully saturated rings. The lowest BCUT2D eigenvalue weighted by Crippen LogP contribution is -2.35. The predicted octanol–water partition coefficient (Wildman–Crippen LogP) is 1.78. The first-order valence-electron chi connectivity index (χ1n) is 6.30. The summed E-state index contributed by atoms with van der Waals surface area (Å²) in [4.78, 5) is 10.7. The Balaban J connectivity index is 1.66. The summed E-state index contributed by atoms with van der Waals surface area (Å²) in [6.45, 7) is 2.21. The molecule has 6 nitrogen and oxygen atoms in total. The number of halogens is 1. The summed E-state index contributed by atoms with van der Waals surface area (Å²) in [6, 6.07) is 7.32. The SMILES string of the molecule is CN1CCN=C1NCc1nc(-c2ccc(Cl)cc2)no1. The Hall–Kier alpha value is -2.08. The van der Waals surface area contributed by atoms with Crippen LogP contribution in [0, 0.1) is 0 Å². The molecular weight excluding hydrogens is 278 g/mol. The fourth-order valence-corrected chi connectivity index (χ4v) is 2.05. The molecule has 2 heterocycles. The maximum absolute atomic E-state index is 5.85. The average Bonchev–Trinajstić information content (AvgIpc) is 3.06. The number of rotatable bonds is 3. The van der Waals surface area contributed by atoms with Gasteiger partial charge in [-0.25, -0.2) is 0 Å². The molecule has 1 N–H and O–H groups in total. The van der Waals surface area contributed by atoms with Crippen LogP contribution in [-0.4, -0.2) is 41.1 Å². The number of aromatic nitrogens is 2. The maximum Gasteiger partial charge on any atom is 0.246 e. The van der Waals surface area contributed by atoms with Crippen molar-refractivity contribution >= 4 is 17.6 Å². The van der Waals surface area contributed by atoms with Crippen molar-refractivity contribution in [2.45, 2.75) is 6.54 Å². The van der Waals surface area contributed by atoms with E-state index in [2.05, 4.69) is 25.3 Å². The monoisotopic (exact) mass is 291 g/mol. The van der Waals surface area contributed by atoms with Gasteiger partial charge in [0.15, 0.2) is 5.96 Å². The number of hydrogen-bond acceptors (Lipinski definition) is 6. The van der Waals surface area contributed by atoms with Crippen LogP contribution < -0.4 is 5.32 Å². The lowest BCUT2D eigenvalue weighted by Gasteiger charge is -2.13. The van der Waals surface area contributed by atoms with Gasteiger partial charge in [0.2, 0.25) is 11.7 Å². The van der Waals surface area contributed by atoms with E-state index < -0.39 is 0 Å². The van der Waals surface area contributed by atoms with E-state index in [9.17, 15) is 0 Å². The van der Waals surface area contributed by atoms with Gasteiger partial charge in [-0.05, 0) is 24.3 Å². The summed E-state index contributed by atoms with van der Waals surface area (Å²) >= 11 is 5.85. The predicted molar refractivity (Wildman–Crippen MR) is 76.5 cm³/mol. The lowest BCUT2D eigenvalue weighted by atomic mass is 10.2. The van der Waals surface area contributed by atoms with Gasteiger partial charge in [-0.1, -0.05) is 16.8 Å². The summed E-state index contributed by atoms with van der Waals surface area (Å²) in [7, 11) is 1.99. The Morgan fingerprint density at radius 3 is 2.85 bits per heavy atom. The molecule has 0 amide bonds. The van der Waals surface area contributed by atoms with Gasteiger partial charge in [-0.2, -0.15) is 4.98 Å². The molecule has 104 valence electrons. The van der Waals surface area contributed by atoms with E-state index >= 15 is 0 Å². The van der Waals surface area contributed by atoms with Crippen LogP contribution in [0.2, 0.25) is 5.02 Å². The zero-order valence-electron chi connectivity index (χ0n) is 11.0. The van der Waals surface area contributed by atoms with Gasteiger partial charge in [0, 0.05) is 24.2 Å². The smallest absolute Gasteiger partial charge is 0.246 e. The molecule has 1 aromatic carbocycles. The third kappa shape index (κ3) is 2.75. The summed E-state index contributed by atoms with van der Waals surface area (Å²) in [5.74, 6) is 1.94. The molecule has 20 heavy (non-hydrogen) atoms. The Bertz CT molecular complexity index is 622. The van der Waals surface area contributed by atoms with Crippen LogP contribution >= 0.6 is 11.6 Å². The van der Waals surface area contributed by atoms with E-state index in [0.717, 1.165) is 24.6 Å². The fourth-order valence-electron chi connectivity index (χ4n) is 1.92. The minimum atomic E-state index is 0.462. The lowest BCUT2D eigenvalue weighted by molar-refractivity contribution is 0.373. The Kier molecular flexibility index (Phi) is 3.56. The second kappa shape index (κ2) is 5.50. The molecule has 1 aromatic heterocycles. The van der Waals surface area contributed by atoms with Crippen LogP contribution in [0.3, 0.4) is 0 Å². The van der Waals surface area contributed by atoms with Crippen LogP contribution in [0.5, 0.6) is 0 Å². The Labute approximate surface area is 121 Å².